The molecule has 0 aliphatic carbocycles. The van der Waals surface area contributed by atoms with Gasteiger partial charge in [-0.05, 0) is 17.7 Å². The summed E-state index contributed by atoms with van der Waals surface area (Å²) in [4.78, 5) is 13.0. The highest BCUT2D eigenvalue weighted by atomic mass is 19.2. The molecule has 0 spiro atoms. The summed E-state index contributed by atoms with van der Waals surface area (Å²) in [5.74, 6) is -2.82. The van der Waals surface area contributed by atoms with Crippen molar-refractivity contribution >= 4 is 11.7 Å². The van der Waals surface area contributed by atoms with E-state index in [4.69, 9.17) is 0 Å². The fourth-order valence-electron chi connectivity index (χ4n) is 2.72. The molecular formula is C16H13F2NO2. The molecule has 1 unspecified atom stereocenters. The standard InChI is InChI=1S/C16H13F2NO2/c17-12-6-3-5-11(15(12)18)9-19-13-7-2-1-4-10(13)8-14(19)16(20)21/h1-7,14H,8-9H2,(H,20,21). The largest absolute Gasteiger partial charge is 0.480 e. The number of fused-ring (bicyclic) bond motifs is 1. The number of para-hydroxylation sites is 1. The molecule has 0 aromatic heterocycles. The Morgan fingerprint density at radius 1 is 1.19 bits per heavy atom. The Morgan fingerprint density at radius 3 is 2.71 bits per heavy atom. The lowest BCUT2D eigenvalue weighted by Gasteiger charge is -2.25. The number of carboxylic acids is 1. The Hall–Kier alpha value is -2.43. The van der Waals surface area contributed by atoms with Crippen molar-refractivity contribution in [1.29, 1.82) is 0 Å². The van der Waals surface area contributed by atoms with Gasteiger partial charge in [0.1, 0.15) is 6.04 Å². The quantitative estimate of drug-likeness (QED) is 0.944. The SMILES string of the molecule is O=C(O)C1Cc2ccccc2N1Cc1cccc(F)c1F. The number of aliphatic carboxylic acids is 1. The first-order chi connectivity index (χ1) is 10.1. The molecule has 2 aromatic rings. The predicted octanol–water partition coefficient (Wildman–Crippen LogP) is 2.98. The van der Waals surface area contributed by atoms with Crippen molar-refractivity contribution in [2.24, 2.45) is 0 Å². The summed E-state index contributed by atoms with van der Waals surface area (Å²) in [7, 11) is 0. The van der Waals surface area contributed by atoms with Crippen molar-refractivity contribution in [2.45, 2.75) is 19.0 Å². The molecule has 0 fully saturated rings. The van der Waals surface area contributed by atoms with Gasteiger partial charge >= 0.3 is 5.97 Å². The third-order valence-corrected chi connectivity index (χ3v) is 3.75. The number of benzene rings is 2. The van der Waals surface area contributed by atoms with Crippen LogP contribution < -0.4 is 4.90 Å². The first-order valence-electron chi connectivity index (χ1n) is 6.58. The second kappa shape index (κ2) is 5.16. The van der Waals surface area contributed by atoms with Gasteiger partial charge in [-0.3, -0.25) is 0 Å². The topological polar surface area (TPSA) is 40.5 Å². The summed E-state index contributed by atoms with van der Waals surface area (Å²) in [6.45, 7) is 0.0254. The van der Waals surface area contributed by atoms with Gasteiger partial charge in [0, 0.05) is 24.2 Å². The van der Waals surface area contributed by atoms with E-state index in [2.05, 4.69) is 0 Å². The van der Waals surface area contributed by atoms with Crippen molar-refractivity contribution in [3.63, 3.8) is 0 Å². The Morgan fingerprint density at radius 2 is 1.95 bits per heavy atom. The zero-order chi connectivity index (χ0) is 15.0. The summed E-state index contributed by atoms with van der Waals surface area (Å²) < 4.78 is 27.1. The zero-order valence-electron chi connectivity index (χ0n) is 11.1. The molecule has 1 aliphatic heterocycles. The van der Waals surface area contributed by atoms with Crippen LogP contribution in [0.25, 0.3) is 0 Å². The van der Waals surface area contributed by atoms with E-state index in [-0.39, 0.29) is 12.1 Å². The number of carboxylic acid groups (broad SMARTS) is 1. The molecule has 108 valence electrons. The molecule has 0 saturated heterocycles. The molecule has 2 aromatic carbocycles. The number of hydrogen-bond donors (Lipinski definition) is 1. The van der Waals surface area contributed by atoms with Crippen molar-refractivity contribution < 1.29 is 18.7 Å². The predicted molar refractivity (Wildman–Crippen MR) is 74.1 cm³/mol. The number of hydrogen-bond acceptors (Lipinski definition) is 2. The van der Waals surface area contributed by atoms with Crippen LogP contribution in [0.5, 0.6) is 0 Å². The van der Waals surface area contributed by atoms with E-state index < -0.39 is 23.6 Å². The first kappa shape index (κ1) is 13.5. The minimum atomic E-state index is -0.969. The van der Waals surface area contributed by atoms with Gasteiger partial charge in [-0.25, -0.2) is 13.6 Å². The number of anilines is 1. The third kappa shape index (κ3) is 2.35. The Balaban J connectivity index is 1.98. The normalized spacial score (nSPS) is 16.9. The van der Waals surface area contributed by atoms with Gasteiger partial charge in [-0.15, -0.1) is 0 Å². The van der Waals surface area contributed by atoms with Crippen LogP contribution in [0.15, 0.2) is 42.5 Å². The Labute approximate surface area is 120 Å². The van der Waals surface area contributed by atoms with Gasteiger partial charge in [0.05, 0.1) is 0 Å². The van der Waals surface area contributed by atoms with E-state index in [1.54, 1.807) is 17.0 Å². The summed E-state index contributed by atoms with van der Waals surface area (Å²) in [6.07, 6.45) is 0.364. The van der Waals surface area contributed by atoms with Crippen LogP contribution in [0.3, 0.4) is 0 Å². The van der Waals surface area contributed by atoms with Crippen molar-refractivity contribution in [3.05, 3.63) is 65.2 Å². The maximum absolute atomic E-state index is 13.8. The molecule has 1 aliphatic rings. The Bertz CT molecular complexity index is 702. The Kier molecular flexibility index (Phi) is 3.33. The fourth-order valence-corrected chi connectivity index (χ4v) is 2.72. The molecule has 1 N–H and O–H groups in total. The molecule has 21 heavy (non-hydrogen) atoms. The van der Waals surface area contributed by atoms with Gasteiger partial charge < -0.3 is 10.0 Å². The lowest BCUT2D eigenvalue weighted by molar-refractivity contribution is -0.138. The van der Waals surface area contributed by atoms with Crippen LogP contribution >= 0.6 is 0 Å². The van der Waals surface area contributed by atoms with Gasteiger partial charge in [0.2, 0.25) is 0 Å². The molecule has 0 amide bonds. The van der Waals surface area contributed by atoms with E-state index in [0.717, 1.165) is 17.3 Å². The van der Waals surface area contributed by atoms with E-state index in [9.17, 15) is 18.7 Å². The second-order valence-electron chi connectivity index (χ2n) is 5.03. The number of halogens is 2. The van der Waals surface area contributed by atoms with Crippen LogP contribution in [0.1, 0.15) is 11.1 Å². The third-order valence-electron chi connectivity index (χ3n) is 3.75. The monoisotopic (exact) mass is 289 g/mol. The molecule has 0 bridgehead atoms. The molecular weight excluding hydrogens is 276 g/mol. The van der Waals surface area contributed by atoms with E-state index >= 15 is 0 Å². The lowest BCUT2D eigenvalue weighted by atomic mass is 10.1. The van der Waals surface area contributed by atoms with Gasteiger partial charge in [0.15, 0.2) is 11.6 Å². The molecule has 0 radical (unpaired) electrons. The smallest absolute Gasteiger partial charge is 0.326 e. The van der Waals surface area contributed by atoms with E-state index in [0.29, 0.717) is 6.42 Å². The maximum Gasteiger partial charge on any atom is 0.326 e. The summed E-state index contributed by atoms with van der Waals surface area (Å²) in [5.41, 5.74) is 1.81. The van der Waals surface area contributed by atoms with Crippen LogP contribution in [-0.4, -0.2) is 17.1 Å². The highest BCUT2D eigenvalue weighted by molar-refractivity contribution is 5.82. The summed E-state index contributed by atoms with van der Waals surface area (Å²) >= 11 is 0. The van der Waals surface area contributed by atoms with Crippen LogP contribution in [-0.2, 0) is 17.8 Å². The van der Waals surface area contributed by atoms with Gasteiger partial charge in [0.25, 0.3) is 0 Å². The number of carbonyl (C=O) groups is 1. The number of nitrogens with zero attached hydrogens (tertiary/aromatic N) is 1. The summed E-state index contributed by atoms with van der Waals surface area (Å²) in [6, 6.07) is 10.5. The lowest BCUT2D eigenvalue weighted by Crippen LogP contribution is -2.38. The average Bonchev–Trinajstić information content (AvgIpc) is 2.83. The second-order valence-corrected chi connectivity index (χ2v) is 5.03. The zero-order valence-corrected chi connectivity index (χ0v) is 11.1. The van der Waals surface area contributed by atoms with E-state index in [1.807, 2.05) is 12.1 Å². The molecule has 5 heteroatoms. The number of rotatable bonds is 3. The first-order valence-corrected chi connectivity index (χ1v) is 6.58. The van der Waals surface area contributed by atoms with Crippen LogP contribution in [0.2, 0.25) is 0 Å². The average molecular weight is 289 g/mol. The highest BCUT2D eigenvalue weighted by Gasteiger charge is 2.34. The van der Waals surface area contributed by atoms with Crippen molar-refractivity contribution in [1.82, 2.24) is 0 Å². The molecule has 1 atom stereocenters. The van der Waals surface area contributed by atoms with E-state index in [1.165, 1.54) is 12.1 Å². The minimum absolute atomic E-state index is 0.0254. The molecule has 3 nitrogen and oxygen atoms in total. The van der Waals surface area contributed by atoms with Crippen molar-refractivity contribution in [2.75, 3.05) is 4.90 Å². The molecule has 1 heterocycles. The summed E-state index contributed by atoms with van der Waals surface area (Å²) in [5, 5.41) is 9.35. The maximum atomic E-state index is 13.8. The highest BCUT2D eigenvalue weighted by Crippen LogP contribution is 2.33. The molecule has 0 saturated carbocycles. The van der Waals surface area contributed by atoms with Crippen LogP contribution in [0.4, 0.5) is 14.5 Å². The van der Waals surface area contributed by atoms with Crippen LogP contribution in [0, 0.1) is 11.6 Å². The molecule has 3 rings (SSSR count). The fraction of sp³-hybridized carbons (Fsp3) is 0.188. The minimum Gasteiger partial charge on any atom is -0.480 e. The van der Waals surface area contributed by atoms with Gasteiger partial charge in [-0.1, -0.05) is 30.3 Å². The van der Waals surface area contributed by atoms with Gasteiger partial charge in [-0.2, -0.15) is 0 Å². The van der Waals surface area contributed by atoms with Crippen molar-refractivity contribution in [3.8, 4) is 0 Å².